The summed E-state index contributed by atoms with van der Waals surface area (Å²) < 4.78 is 23.3. The molecule has 5 nitrogen and oxygen atoms in total. The summed E-state index contributed by atoms with van der Waals surface area (Å²) in [5, 5.41) is 0. The van der Waals surface area contributed by atoms with E-state index in [1.165, 1.54) is 31.5 Å². The Morgan fingerprint density at radius 2 is 2.16 bits per heavy atom. The Hall–Kier alpha value is -2.63. The summed E-state index contributed by atoms with van der Waals surface area (Å²) in [5.41, 5.74) is 5.53. The maximum Gasteiger partial charge on any atom is 0.343 e. The Morgan fingerprint density at radius 1 is 1.37 bits per heavy atom. The number of methoxy groups -OCH3 is 1. The van der Waals surface area contributed by atoms with E-state index in [2.05, 4.69) is 9.72 Å². The number of aromatic nitrogens is 1. The van der Waals surface area contributed by atoms with E-state index in [1.54, 1.807) is 6.07 Å². The second kappa shape index (κ2) is 5.34. The number of carbonyl (C=O) groups is 1. The maximum atomic E-state index is 13.3. The Labute approximate surface area is 108 Å². The molecule has 1 aromatic heterocycles. The smallest absolute Gasteiger partial charge is 0.343 e. The van der Waals surface area contributed by atoms with Crippen LogP contribution in [0.5, 0.6) is 11.6 Å². The van der Waals surface area contributed by atoms with E-state index in [-0.39, 0.29) is 22.9 Å². The van der Waals surface area contributed by atoms with Gasteiger partial charge in [-0.1, -0.05) is 0 Å². The molecule has 1 aromatic carbocycles. The highest BCUT2D eigenvalue weighted by Crippen LogP contribution is 2.25. The van der Waals surface area contributed by atoms with Crippen LogP contribution in [-0.4, -0.2) is 18.1 Å². The van der Waals surface area contributed by atoms with Gasteiger partial charge >= 0.3 is 5.97 Å². The van der Waals surface area contributed by atoms with Crippen molar-refractivity contribution in [3.05, 3.63) is 47.9 Å². The minimum absolute atomic E-state index is 0.0153. The zero-order chi connectivity index (χ0) is 13.8. The van der Waals surface area contributed by atoms with Crippen molar-refractivity contribution in [2.45, 2.75) is 0 Å². The third-order valence-corrected chi connectivity index (χ3v) is 2.36. The number of benzene rings is 1. The first-order chi connectivity index (χ1) is 9.11. The van der Waals surface area contributed by atoms with Crippen molar-refractivity contribution >= 4 is 11.7 Å². The van der Waals surface area contributed by atoms with Crippen LogP contribution < -0.4 is 10.5 Å². The number of carbonyl (C=O) groups excluding carboxylic acids is 1. The highest BCUT2D eigenvalue weighted by molar-refractivity contribution is 5.91. The second-order valence-electron chi connectivity index (χ2n) is 3.63. The number of anilines is 1. The predicted octanol–water partition coefficient (Wildman–Crippen LogP) is 2.38. The van der Waals surface area contributed by atoms with Gasteiger partial charge in [-0.05, 0) is 24.3 Å². The summed E-state index contributed by atoms with van der Waals surface area (Å²) in [5.74, 6) is -0.957. The molecule has 0 radical (unpaired) electrons. The van der Waals surface area contributed by atoms with Gasteiger partial charge in [-0.15, -0.1) is 0 Å². The minimum Gasteiger partial charge on any atom is -0.465 e. The highest BCUT2D eigenvalue weighted by Gasteiger charge is 2.14. The lowest BCUT2D eigenvalue weighted by Crippen LogP contribution is -2.05. The van der Waals surface area contributed by atoms with Crippen LogP contribution in [0.3, 0.4) is 0 Å². The Bertz CT molecular complexity index is 617. The van der Waals surface area contributed by atoms with Crippen LogP contribution in [0.25, 0.3) is 0 Å². The third-order valence-electron chi connectivity index (χ3n) is 2.36. The molecular formula is C13H11FN2O3. The molecule has 0 saturated heterocycles. The summed E-state index contributed by atoms with van der Waals surface area (Å²) in [4.78, 5) is 15.4. The van der Waals surface area contributed by atoms with Crippen LogP contribution in [0.1, 0.15) is 10.4 Å². The Morgan fingerprint density at radius 3 is 2.84 bits per heavy atom. The van der Waals surface area contributed by atoms with E-state index in [4.69, 9.17) is 10.5 Å². The lowest BCUT2D eigenvalue weighted by molar-refractivity contribution is 0.0597. The van der Waals surface area contributed by atoms with Crippen LogP contribution in [0.2, 0.25) is 0 Å². The van der Waals surface area contributed by atoms with Crippen molar-refractivity contribution in [2.24, 2.45) is 0 Å². The number of nitrogen functional groups attached to an aromatic ring is 1. The maximum absolute atomic E-state index is 13.3. The highest BCUT2D eigenvalue weighted by atomic mass is 19.1. The fourth-order valence-electron chi connectivity index (χ4n) is 1.42. The normalized spacial score (nSPS) is 10.0. The van der Waals surface area contributed by atoms with Gasteiger partial charge < -0.3 is 15.2 Å². The molecule has 98 valence electrons. The molecule has 2 N–H and O–H groups in total. The molecule has 0 bridgehead atoms. The van der Waals surface area contributed by atoms with E-state index >= 15 is 0 Å². The number of hydrogen-bond acceptors (Lipinski definition) is 5. The minimum atomic E-state index is -0.604. The van der Waals surface area contributed by atoms with Gasteiger partial charge in [0.25, 0.3) is 0 Å². The molecule has 6 heteroatoms. The van der Waals surface area contributed by atoms with Crippen LogP contribution in [0, 0.1) is 5.82 Å². The predicted molar refractivity (Wildman–Crippen MR) is 66.5 cm³/mol. The van der Waals surface area contributed by atoms with Crippen molar-refractivity contribution in [1.82, 2.24) is 4.98 Å². The first kappa shape index (κ1) is 12.8. The van der Waals surface area contributed by atoms with Crippen LogP contribution in [-0.2, 0) is 4.74 Å². The van der Waals surface area contributed by atoms with Gasteiger partial charge in [0.2, 0.25) is 5.88 Å². The van der Waals surface area contributed by atoms with Gasteiger partial charge in [-0.2, -0.15) is 0 Å². The fraction of sp³-hybridized carbons (Fsp3) is 0.0769. The monoisotopic (exact) mass is 262 g/mol. The number of ether oxygens (including phenoxy) is 2. The Balaban J connectivity index is 2.32. The van der Waals surface area contributed by atoms with E-state index < -0.39 is 11.8 Å². The summed E-state index contributed by atoms with van der Waals surface area (Å²) in [7, 11) is 1.25. The Kier molecular flexibility index (Phi) is 3.61. The number of rotatable bonds is 3. The summed E-state index contributed by atoms with van der Waals surface area (Å²) >= 11 is 0. The molecule has 0 aliphatic rings. The van der Waals surface area contributed by atoms with Gasteiger partial charge in [0.1, 0.15) is 17.1 Å². The molecule has 0 fully saturated rings. The topological polar surface area (TPSA) is 74.4 Å². The average Bonchev–Trinajstić information content (AvgIpc) is 2.43. The van der Waals surface area contributed by atoms with E-state index in [0.29, 0.717) is 0 Å². The molecule has 19 heavy (non-hydrogen) atoms. The molecule has 0 amide bonds. The van der Waals surface area contributed by atoms with Gasteiger partial charge in [0.05, 0.1) is 12.8 Å². The van der Waals surface area contributed by atoms with Crippen molar-refractivity contribution in [3.8, 4) is 11.6 Å². The van der Waals surface area contributed by atoms with Crippen LogP contribution in [0.15, 0.2) is 36.5 Å². The summed E-state index contributed by atoms with van der Waals surface area (Å²) in [6.07, 6.45) is 1.45. The number of nitrogens with two attached hydrogens (primary N) is 1. The molecule has 0 atom stereocenters. The van der Waals surface area contributed by atoms with Gasteiger partial charge in [-0.3, -0.25) is 0 Å². The largest absolute Gasteiger partial charge is 0.465 e. The molecule has 0 saturated carbocycles. The van der Waals surface area contributed by atoms with Crippen molar-refractivity contribution < 1.29 is 18.7 Å². The van der Waals surface area contributed by atoms with Crippen LogP contribution in [0.4, 0.5) is 10.1 Å². The van der Waals surface area contributed by atoms with Crippen LogP contribution >= 0.6 is 0 Å². The van der Waals surface area contributed by atoms with E-state index in [0.717, 1.165) is 6.07 Å². The molecule has 0 unspecified atom stereocenters. The van der Waals surface area contributed by atoms with Gasteiger partial charge in [0.15, 0.2) is 0 Å². The molecule has 0 aliphatic carbocycles. The molecular weight excluding hydrogens is 251 g/mol. The number of esters is 1. The van der Waals surface area contributed by atoms with Crippen molar-refractivity contribution in [1.29, 1.82) is 0 Å². The first-order valence-corrected chi connectivity index (χ1v) is 5.38. The van der Waals surface area contributed by atoms with E-state index in [9.17, 15) is 9.18 Å². The molecule has 2 aromatic rings. The second-order valence-corrected chi connectivity index (χ2v) is 3.63. The van der Waals surface area contributed by atoms with Crippen molar-refractivity contribution in [3.63, 3.8) is 0 Å². The zero-order valence-corrected chi connectivity index (χ0v) is 10.1. The van der Waals surface area contributed by atoms with E-state index in [1.807, 2.05) is 0 Å². The fourth-order valence-corrected chi connectivity index (χ4v) is 1.42. The standard InChI is InChI=1S/C13H11FN2O3/c1-18-13(17)9-3-2-6-16-12(9)19-8-4-5-11(15)10(14)7-8/h2-7H,15H2,1H3. The number of nitrogens with zero attached hydrogens (tertiary/aromatic N) is 1. The SMILES string of the molecule is COC(=O)c1cccnc1Oc1ccc(N)c(F)c1. The number of pyridine rings is 1. The third kappa shape index (κ3) is 2.79. The molecule has 1 heterocycles. The molecule has 0 aliphatic heterocycles. The number of hydrogen-bond donors (Lipinski definition) is 1. The molecule has 2 rings (SSSR count). The summed E-state index contributed by atoms with van der Waals surface area (Å²) in [6, 6.07) is 7.04. The van der Waals surface area contributed by atoms with Crippen molar-refractivity contribution in [2.75, 3.05) is 12.8 Å². The lowest BCUT2D eigenvalue weighted by Gasteiger charge is -2.08. The zero-order valence-electron chi connectivity index (χ0n) is 10.1. The average molecular weight is 262 g/mol. The number of halogens is 1. The van der Waals surface area contributed by atoms with Gasteiger partial charge in [-0.25, -0.2) is 14.2 Å². The molecule has 0 spiro atoms. The lowest BCUT2D eigenvalue weighted by atomic mass is 10.2. The first-order valence-electron chi connectivity index (χ1n) is 5.38. The quantitative estimate of drug-likeness (QED) is 0.679. The summed E-state index contributed by atoms with van der Waals surface area (Å²) in [6.45, 7) is 0. The van der Waals surface area contributed by atoms with Gasteiger partial charge in [0, 0.05) is 12.3 Å².